The number of H-pyrrole nitrogens is 1. The molecule has 27 heavy (non-hydrogen) atoms. The molecule has 1 aliphatic carbocycles. The molecule has 0 spiro atoms. The number of hydrogen-bond donors (Lipinski definition) is 1. The van der Waals surface area contributed by atoms with Crippen molar-refractivity contribution >= 4 is 5.65 Å². The first-order valence-electron chi connectivity index (χ1n) is 8.38. The van der Waals surface area contributed by atoms with Crippen LogP contribution in [0.4, 0.5) is 13.2 Å². The lowest BCUT2D eigenvalue weighted by Crippen LogP contribution is -2.02. The van der Waals surface area contributed by atoms with E-state index in [1.165, 1.54) is 6.07 Å². The Bertz CT molecular complexity index is 1150. The van der Waals surface area contributed by atoms with E-state index < -0.39 is 11.8 Å². The maximum Gasteiger partial charge on any atom is 0.259 e. The highest BCUT2D eigenvalue weighted by Gasteiger charge is 2.59. The van der Waals surface area contributed by atoms with Crippen molar-refractivity contribution in [2.75, 3.05) is 0 Å². The van der Waals surface area contributed by atoms with Crippen LogP contribution in [-0.4, -0.2) is 35.5 Å². The van der Waals surface area contributed by atoms with Gasteiger partial charge in [-0.2, -0.15) is 5.10 Å². The van der Waals surface area contributed by atoms with Gasteiger partial charge in [-0.3, -0.25) is 5.10 Å². The van der Waals surface area contributed by atoms with Gasteiger partial charge in [0.2, 0.25) is 5.82 Å². The number of aromatic amines is 1. The van der Waals surface area contributed by atoms with Gasteiger partial charge >= 0.3 is 0 Å². The fourth-order valence-electron chi connectivity index (χ4n) is 3.10. The van der Waals surface area contributed by atoms with Crippen LogP contribution in [0.2, 0.25) is 0 Å². The van der Waals surface area contributed by atoms with Gasteiger partial charge in [0, 0.05) is 31.4 Å². The van der Waals surface area contributed by atoms with Gasteiger partial charge in [0.1, 0.15) is 17.3 Å². The molecule has 3 aromatic heterocycles. The van der Waals surface area contributed by atoms with E-state index in [-0.39, 0.29) is 30.3 Å². The van der Waals surface area contributed by atoms with Gasteiger partial charge in [-0.05, 0) is 11.6 Å². The highest BCUT2D eigenvalue weighted by Crippen LogP contribution is 2.54. The zero-order chi connectivity index (χ0) is 18.6. The Kier molecular flexibility index (Phi) is 3.33. The molecule has 0 amide bonds. The fourth-order valence-corrected chi connectivity index (χ4v) is 3.10. The molecule has 6 nitrogen and oxygen atoms in total. The van der Waals surface area contributed by atoms with Gasteiger partial charge in [0.05, 0.1) is 11.6 Å². The Morgan fingerprint density at radius 2 is 2.04 bits per heavy atom. The standard InChI is InChI=1S/C18H13F3N6/c19-12-4-2-1-3-10(12)7-13-17-22-5-6-27(17)9-14(23-13)16-24-15(25-26-16)11-8-18(11,20)21/h1-6,9,11H,7-8H2,(H,24,25,26). The Morgan fingerprint density at radius 3 is 2.81 bits per heavy atom. The van der Waals surface area contributed by atoms with Crippen LogP contribution in [0.1, 0.15) is 29.4 Å². The third kappa shape index (κ3) is 2.75. The van der Waals surface area contributed by atoms with Crippen LogP contribution in [0.25, 0.3) is 17.2 Å². The van der Waals surface area contributed by atoms with Crippen molar-refractivity contribution in [2.24, 2.45) is 0 Å². The minimum Gasteiger partial charge on any atom is -0.303 e. The van der Waals surface area contributed by atoms with Gasteiger partial charge in [0.25, 0.3) is 5.92 Å². The normalized spacial score (nSPS) is 18.1. The molecule has 1 N–H and O–H groups in total. The molecular weight excluding hydrogens is 357 g/mol. The molecule has 1 aromatic carbocycles. The number of alkyl halides is 2. The van der Waals surface area contributed by atoms with E-state index in [4.69, 9.17) is 0 Å². The number of aromatic nitrogens is 6. The minimum absolute atomic E-state index is 0.151. The number of nitrogens with zero attached hydrogens (tertiary/aromatic N) is 5. The van der Waals surface area contributed by atoms with Crippen molar-refractivity contribution in [3.8, 4) is 11.5 Å². The SMILES string of the molecule is Fc1ccccc1Cc1nc(-c2n[nH]c(C3CC3(F)F)n2)cn2ccnc12. The number of rotatable bonds is 4. The quantitative estimate of drug-likeness (QED) is 0.598. The lowest BCUT2D eigenvalue weighted by Gasteiger charge is -2.07. The van der Waals surface area contributed by atoms with Crippen LogP contribution in [0, 0.1) is 5.82 Å². The minimum atomic E-state index is -2.73. The summed E-state index contributed by atoms with van der Waals surface area (Å²) in [4.78, 5) is 13.0. The summed E-state index contributed by atoms with van der Waals surface area (Å²) in [5.74, 6) is -3.61. The molecule has 1 aliphatic rings. The summed E-state index contributed by atoms with van der Waals surface area (Å²) in [5.41, 5.74) is 2.02. The first-order valence-corrected chi connectivity index (χ1v) is 8.38. The van der Waals surface area contributed by atoms with E-state index in [9.17, 15) is 13.2 Å². The second kappa shape index (κ2) is 5.63. The molecule has 5 rings (SSSR count). The van der Waals surface area contributed by atoms with Crippen molar-refractivity contribution < 1.29 is 13.2 Å². The van der Waals surface area contributed by atoms with Crippen molar-refractivity contribution in [3.05, 3.63) is 65.8 Å². The average molecular weight is 370 g/mol. The van der Waals surface area contributed by atoms with Crippen LogP contribution in [0.5, 0.6) is 0 Å². The second-order valence-electron chi connectivity index (χ2n) is 6.56. The third-order valence-corrected chi connectivity index (χ3v) is 4.65. The molecule has 9 heteroatoms. The van der Waals surface area contributed by atoms with Crippen LogP contribution in [0.3, 0.4) is 0 Å². The molecule has 0 aliphatic heterocycles. The molecule has 1 saturated carbocycles. The molecule has 0 radical (unpaired) electrons. The van der Waals surface area contributed by atoms with Crippen molar-refractivity contribution in [2.45, 2.75) is 24.7 Å². The molecule has 1 atom stereocenters. The highest BCUT2D eigenvalue weighted by molar-refractivity contribution is 5.55. The Labute approximate surface area is 151 Å². The summed E-state index contributed by atoms with van der Waals surface area (Å²) in [6, 6.07) is 6.45. The lowest BCUT2D eigenvalue weighted by molar-refractivity contribution is 0.111. The maximum absolute atomic E-state index is 14.0. The highest BCUT2D eigenvalue weighted by atomic mass is 19.3. The number of fused-ring (bicyclic) bond motifs is 1. The Balaban J connectivity index is 1.55. The topological polar surface area (TPSA) is 71.8 Å². The summed E-state index contributed by atoms with van der Waals surface area (Å²) >= 11 is 0. The molecule has 0 bridgehead atoms. The number of nitrogens with one attached hydrogen (secondary N) is 1. The molecule has 4 aromatic rings. The smallest absolute Gasteiger partial charge is 0.259 e. The molecule has 136 valence electrons. The zero-order valence-electron chi connectivity index (χ0n) is 13.9. The van der Waals surface area contributed by atoms with E-state index >= 15 is 0 Å². The Morgan fingerprint density at radius 1 is 1.22 bits per heavy atom. The van der Waals surface area contributed by atoms with E-state index in [0.717, 1.165) is 0 Å². The predicted molar refractivity (Wildman–Crippen MR) is 89.9 cm³/mol. The average Bonchev–Trinajstić information content (AvgIpc) is 3.05. The van der Waals surface area contributed by atoms with Crippen LogP contribution in [0.15, 0.2) is 42.9 Å². The number of halogens is 3. The van der Waals surface area contributed by atoms with Gasteiger partial charge in [-0.1, -0.05) is 18.2 Å². The maximum atomic E-state index is 14.0. The zero-order valence-corrected chi connectivity index (χ0v) is 13.9. The summed E-state index contributed by atoms with van der Waals surface area (Å²) in [6.07, 6.45) is 5.02. The monoisotopic (exact) mass is 370 g/mol. The van der Waals surface area contributed by atoms with Crippen LogP contribution < -0.4 is 0 Å². The first kappa shape index (κ1) is 16.0. The van der Waals surface area contributed by atoms with Crippen molar-refractivity contribution in [1.29, 1.82) is 0 Å². The molecule has 1 unspecified atom stereocenters. The molecule has 3 heterocycles. The lowest BCUT2D eigenvalue weighted by atomic mass is 10.1. The van der Waals surface area contributed by atoms with E-state index in [2.05, 4.69) is 25.1 Å². The Hall–Kier alpha value is -3.23. The van der Waals surface area contributed by atoms with Gasteiger partial charge in [-0.15, -0.1) is 0 Å². The van der Waals surface area contributed by atoms with Gasteiger partial charge in [0.15, 0.2) is 5.65 Å². The summed E-state index contributed by atoms with van der Waals surface area (Å²) in [5, 5.41) is 6.61. The van der Waals surface area contributed by atoms with E-state index in [1.807, 2.05) is 0 Å². The predicted octanol–water partition coefficient (Wildman–Crippen LogP) is 3.37. The summed E-state index contributed by atoms with van der Waals surface area (Å²) in [7, 11) is 0. The van der Waals surface area contributed by atoms with E-state index in [1.54, 1.807) is 41.2 Å². The van der Waals surface area contributed by atoms with Crippen molar-refractivity contribution in [3.63, 3.8) is 0 Å². The largest absolute Gasteiger partial charge is 0.303 e. The first-order chi connectivity index (χ1) is 13.0. The second-order valence-corrected chi connectivity index (χ2v) is 6.56. The van der Waals surface area contributed by atoms with Gasteiger partial charge in [-0.25, -0.2) is 28.1 Å². The van der Waals surface area contributed by atoms with Crippen LogP contribution >= 0.6 is 0 Å². The van der Waals surface area contributed by atoms with Crippen molar-refractivity contribution in [1.82, 2.24) is 29.5 Å². The molecule has 1 fully saturated rings. The summed E-state index contributed by atoms with van der Waals surface area (Å²) in [6.45, 7) is 0. The van der Waals surface area contributed by atoms with E-state index in [0.29, 0.717) is 22.6 Å². The number of imidazole rings is 1. The van der Waals surface area contributed by atoms with Crippen LogP contribution in [-0.2, 0) is 6.42 Å². The number of benzene rings is 1. The summed E-state index contributed by atoms with van der Waals surface area (Å²) < 4.78 is 42.3. The molecule has 0 saturated heterocycles. The van der Waals surface area contributed by atoms with Gasteiger partial charge < -0.3 is 4.40 Å². The fraction of sp³-hybridized carbons (Fsp3) is 0.222. The molecular formula is C18H13F3N6. The number of hydrogen-bond acceptors (Lipinski definition) is 4. The third-order valence-electron chi connectivity index (χ3n) is 4.65.